The third-order valence-corrected chi connectivity index (χ3v) is 6.53. The highest BCUT2D eigenvalue weighted by Crippen LogP contribution is 2.35. The molecule has 0 saturated heterocycles. The van der Waals surface area contributed by atoms with Gasteiger partial charge in [0.2, 0.25) is 5.91 Å². The fraction of sp³-hybridized carbons (Fsp3) is 0.455. The van der Waals surface area contributed by atoms with Crippen molar-refractivity contribution in [3.63, 3.8) is 0 Å². The van der Waals surface area contributed by atoms with Crippen LogP contribution in [0.1, 0.15) is 71.8 Å². The van der Waals surface area contributed by atoms with Crippen LogP contribution in [-0.4, -0.2) is 22.8 Å². The van der Waals surface area contributed by atoms with Crippen molar-refractivity contribution in [1.82, 2.24) is 10.2 Å². The van der Waals surface area contributed by atoms with Crippen molar-refractivity contribution >= 4 is 23.2 Å². The summed E-state index contributed by atoms with van der Waals surface area (Å²) in [6, 6.07) is 11.2. The molecule has 2 aliphatic rings. The van der Waals surface area contributed by atoms with Crippen LogP contribution in [0.2, 0.25) is 0 Å². The number of nitrogens with one attached hydrogen (secondary N) is 1. The maximum Gasteiger partial charge on any atom is 0.255 e. The van der Waals surface area contributed by atoms with Crippen LogP contribution in [0, 0.1) is 0 Å². The average molecular weight is 383 g/mol. The molecule has 1 aliphatic heterocycles. The van der Waals surface area contributed by atoms with Gasteiger partial charge < -0.3 is 10.2 Å². The number of rotatable bonds is 4. The number of carbonyl (C=O) groups is 2. The second kappa shape index (κ2) is 8.26. The van der Waals surface area contributed by atoms with Gasteiger partial charge in [-0.15, -0.1) is 11.3 Å². The minimum atomic E-state index is -0.527. The van der Waals surface area contributed by atoms with Crippen LogP contribution in [-0.2, 0) is 11.3 Å². The normalized spacial score (nSPS) is 20.8. The van der Waals surface area contributed by atoms with Gasteiger partial charge in [0, 0.05) is 16.5 Å². The summed E-state index contributed by atoms with van der Waals surface area (Å²) in [5, 5.41) is 5.28. The molecule has 1 aromatic carbocycles. The number of carbonyl (C=O) groups excluding carboxylic acids is 2. The zero-order valence-electron chi connectivity index (χ0n) is 15.5. The van der Waals surface area contributed by atoms with Crippen LogP contribution >= 0.6 is 11.3 Å². The highest BCUT2D eigenvalue weighted by molar-refractivity contribution is 7.09. The Balaban J connectivity index is 1.56. The van der Waals surface area contributed by atoms with Crippen LogP contribution < -0.4 is 5.32 Å². The molecule has 1 aliphatic carbocycles. The lowest BCUT2D eigenvalue weighted by Gasteiger charge is -2.27. The molecule has 1 N–H and O–H groups in total. The lowest BCUT2D eigenvalue weighted by atomic mass is 9.96. The molecule has 1 aromatic heterocycles. The number of thiophene rings is 1. The van der Waals surface area contributed by atoms with E-state index in [9.17, 15) is 9.59 Å². The summed E-state index contributed by atoms with van der Waals surface area (Å²) in [6.45, 7) is 0.480. The molecular formula is C22H26N2O2S. The van der Waals surface area contributed by atoms with Gasteiger partial charge in [0.05, 0.1) is 6.54 Å². The number of hydrogen-bond acceptors (Lipinski definition) is 3. The Morgan fingerprint density at radius 3 is 2.52 bits per heavy atom. The topological polar surface area (TPSA) is 49.4 Å². The maximum atomic E-state index is 13.3. The van der Waals surface area contributed by atoms with Crippen LogP contribution in [0.3, 0.4) is 0 Å². The minimum absolute atomic E-state index is 0.0320. The van der Waals surface area contributed by atoms with Gasteiger partial charge in [-0.1, -0.05) is 56.4 Å². The van der Waals surface area contributed by atoms with Gasteiger partial charge in [-0.25, -0.2) is 0 Å². The zero-order valence-corrected chi connectivity index (χ0v) is 16.3. The largest absolute Gasteiger partial charge is 0.351 e. The van der Waals surface area contributed by atoms with E-state index in [1.165, 1.54) is 32.1 Å². The van der Waals surface area contributed by atoms with E-state index in [-0.39, 0.29) is 17.9 Å². The Morgan fingerprint density at radius 1 is 1.04 bits per heavy atom. The number of hydrogen-bond donors (Lipinski definition) is 1. The highest BCUT2D eigenvalue weighted by atomic mass is 32.1. The van der Waals surface area contributed by atoms with Crippen LogP contribution in [0.5, 0.6) is 0 Å². The number of fused-ring (bicyclic) bond motifs is 1. The standard InChI is InChI=1S/C22H26N2O2S/c25-21(23-16-9-4-2-1-3-5-10-16)20-18-12-6-7-13-19(18)22(26)24(20)15-17-11-8-14-27-17/h6-8,11-14,16,20H,1-5,9-10,15H2,(H,23,25)/t20-/m1/s1. The molecule has 5 heteroatoms. The Kier molecular flexibility index (Phi) is 5.58. The van der Waals surface area contributed by atoms with Gasteiger partial charge in [0.25, 0.3) is 5.91 Å². The van der Waals surface area contributed by atoms with E-state index in [1.807, 2.05) is 41.8 Å². The first-order valence-electron chi connectivity index (χ1n) is 9.96. The van der Waals surface area contributed by atoms with Crippen molar-refractivity contribution in [2.75, 3.05) is 0 Å². The first-order chi connectivity index (χ1) is 13.2. The molecule has 0 bridgehead atoms. The van der Waals surface area contributed by atoms with Gasteiger partial charge in [0.1, 0.15) is 6.04 Å². The Morgan fingerprint density at radius 2 is 1.78 bits per heavy atom. The van der Waals surface area contributed by atoms with Crippen molar-refractivity contribution in [3.05, 3.63) is 57.8 Å². The monoisotopic (exact) mass is 382 g/mol. The molecule has 1 saturated carbocycles. The van der Waals surface area contributed by atoms with Crippen molar-refractivity contribution in [2.45, 2.75) is 63.6 Å². The Bertz CT molecular complexity index is 794. The molecular weight excluding hydrogens is 356 g/mol. The number of benzene rings is 1. The number of amides is 2. The van der Waals surface area contributed by atoms with Crippen molar-refractivity contribution in [1.29, 1.82) is 0 Å². The Hall–Kier alpha value is -2.14. The first kappa shape index (κ1) is 18.2. The first-order valence-corrected chi connectivity index (χ1v) is 10.8. The van der Waals surface area contributed by atoms with Gasteiger partial charge in [-0.3, -0.25) is 9.59 Å². The molecule has 0 radical (unpaired) electrons. The summed E-state index contributed by atoms with van der Waals surface area (Å²) in [5.41, 5.74) is 1.49. The van der Waals surface area contributed by atoms with E-state index >= 15 is 0 Å². The predicted octanol–water partition coefficient (Wildman–Crippen LogP) is 4.67. The molecule has 142 valence electrons. The van der Waals surface area contributed by atoms with Crippen LogP contribution in [0.25, 0.3) is 0 Å². The van der Waals surface area contributed by atoms with E-state index in [0.29, 0.717) is 12.1 Å². The van der Waals surface area contributed by atoms with Crippen molar-refractivity contribution in [2.24, 2.45) is 0 Å². The van der Waals surface area contributed by atoms with Gasteiger partial charge >= 0.3 is 0 Å². The Labute approximate surface area is 164 Å². The third kappa shape index (κ3) is 3.93. The maximum absolute atomic E-state index is 13.3. The second-order valence-corrected chi connectivity index (χ2v) is 8.59. The van der Waals surface area contributed by atoms with Crippen molar-refractivity contribution in [3.8, 4) is 0 Å². The number of nitrogens with zero attached hydrogens (tertiary/aromatic N) is 1. The third-order valence-electron chi connectivity index (χ3n) is 5.66. The summed E-state index contributed by atoms with van der Waals surface area (Å²) in [7, 11) is 0. The molecule has 4 nitrogen and oxygen atoms in total. The second-order valence-electron chi connectivity index (χ2n) is 7.55. The predicted molar refractivity (Wildman–Crippen MR) is 108 cm³/mol. The van der Waals surface area contributed by atoms with Gasteiger partial charge in [-0.05, 0) is 35.9 Å². The summed E-state index contributed by atoms with van der Waals surface area (Å²) in [4.78, 5) is 29.1. The van der Waals surface area contributed by atoms with E-state index in [1.54, 1.807) is 16.2 Å². The van der Waals surface area contributed by atoms with Gasteiger partial charge in [-0.2, -0.15) is 0 Å². The minimum Gasteiger partial charge on any atom is -0.351 e. The van der Waals surface area contributed by atoms with Gasteiger partial charge in [0.15, 0.2) is 0 Å². The quantitative estimate of drug-likeness (QED) is 0.835. The molecule has 0 spiro atoms. The molecule has 0 unspecified atom stereocenters. The van der Waals surface area contributed by atoms with Crippen molar-refractivity contribution < 1.29 is 9.59 Å². The van der Waals surface area contributed by atoms with Crippen LogP contribution in [0.15, 0.2) is 41.8 Å². The lowest BCUT2D eigenvalue weighted by molar-refractivity contribution is -0.126. The molecule has 1 atom stereocenters. The van der Waals surface area contributed by atoms with E-state index in [4.69, 9.17) is 0 Å². The zero-order chi connectivity index (χ0) is 18.6. The molecule has 2 amide bonds. The average Bonchev–Trinajstić information content (AvgIpc) is 3.25. The smallest absolute Gasteiger partial charge is 0.255 e. The molecule has 2 aromatic rings. The molecule has 4 rings (SSSR count). The fourth-order valence-corrected chi connectivity index (χ4v) is 4.97. The fourth-order valence-electron chi connectivity index (χ4n) is 4.27. The molecule has 27 heavy (non-hydrogen) atoms. The SMILES string of the molecule is O=C(NC1CCCCCCC1)[C@H]1c2ccccc2C(=O)N1Cc1cccs1. The lowest BCUT2D eigenvalue weighted by Crippen LogP contribution is -2.43. The summed E-state index contributed by atoms with van der Waals surface area (Å²) in [6.07, 6.45) is 8.23. The molecule has 2 heterocycles. The van der Waals surface area contributed by atoms with E-state index in [2.05, 4.69) is 5.32 Å². The van der Waals surface area contributed by atoms with E-state index in [0.717, 1.165) is 23.3 Å². The summed E-state index contributed by atoms with van der Waals surface area (Å²) >= 11 is 1.62. The van der Waals surface area contributed by atoms with Crippen LogP contribution in [0.4, 0.5) is 0 Å². The van der Waals surface area contributed by atoms with E-state index < -0.39 is 6.04 Å². The summed E-state index contributed by atoms with van der Waals surface area (Å²) in [5.74, 6) is -0.0766. The summed E-state index contributed by atoms with van der Waals surface area (Å²) < 4.78 is 0. The molecule has 1 fully saturated rings. The highest BCUT2D eigenvalue weighted by Gasteiger charge is 2.41.